The molecule has 5 nitrogen and oxygen atoms in total. The van der Waals surface area contributed by atoms with E-state index in [1.807, 2.05) is 62.2 Å². The van der Waals surface area contributed by atoms with Gasteiger partial charge in [0.1, 0.15) is 11.6 Å². The third kappa shape index (κ3) is 5.34. The van der Waals surface area contributed by atoms with Crippen LogP contribution in [0.5, 0.6) is 5.75 Å². The first kappa shape index (κ1) is 22.0. The smallest absolute Gasteiger partial charge is 0.253 e. The van der Waals surface area contributed by atoms with Crippen LogP contribution in [-0.2, 0) is 6.42 Å². The van der Waals surface area contributed by atoms with Crippen LogP contribution in [0, 0.1) is 6.92 Å². The molecule has 0 N–H and O–H groups in total. The van der Waals surface area contributed by atoms with E-state index in [2.05, 4.69) is 29.2 Å². The number of amides is 1. The molecule has 32 heavy (non-hydrogen) atoms. The summed E-state index contributed by atoms with van der Waals surface area (Å²) in [5, 5.41) is 0. The maximum Gasteiger partial charge on any atom is 0.253 e. The van der Waals surface area contributed by atoms with Crippen molar-refractivity contribution in [3.8, 4) is 5.75 Å². The number of ether oxygens (including phenoxy) is 1. The second-order valence-electron chi connectivity index (χ2n) is 8.77. The minimum absolute atomic E-state index is 0.0705. The highest BCUT2D eigenvalue weighted by Gasteiger charge is 2.28. The fourth-order valence-electron chi connectivity index (χ4n) is 4.33. The van der Waals surface area contributed by atoms with E-state index in [-0.39, 0.29) is 17.9 Å². The van der Waals surface area contributed by atoms with Crippen molar-refractivity contribution >= 4 is 5.91 Å². The predicted molar refractivity (Wildman–Crippen MR) is 126 cm³/mol. The number of piperidine rings is 1. The first-order chi connectivity index (χ1) is 15.5. The zero-order valence-corrected chi connectivity index (χ0v) is 19.1. The second-order valence-corrected chi connectivity index (χ2v) is 8.77. The van der Waals surface area contributed by atoms with E-state index in [9.17, 15) is 4.79 Å². The highest BCUT2D eigenvalue weighted by molar-refractivity contribution is 5.94. The largest absolute Gasteiger partial charge is 0.491 e. The van der Waals surface area contributed by atoms with Crippen LogP contribution in [0.2, 0.25) is 0 Å². The molecule has 0 saturated carbocycles. The molecule has 2 heterocycles. The van der Waals surface area contributed by atoms with E-state index in [0.717, 1.165) is 48.6 Å². The van der Waals surface area contributed by atoms with Gasteiger partial charge < -0.3 is 9.64 Å². The lowest BCUT2D eigenvalue weighted by molar-refractivity contribution is 0.0705. The molecule has 0 aliphatic carbocycles. The topological polar surface area (TPSA) is 55.3 Å². The number of aryl methyl sites for hydroxylation is 1. The van der Waals surface area contributed by atoms with Crippen LogP contribution in [0.1, 0.15) is 65.6 Å². The average Bonchev–Trinajstić information content (AvgIpc) is 2.81. The van der Waals surface area contributed by atoms with Crippen LogP contribution < -0.4 is 4.74 Å². The molecule has 3 aromatic rings. The number of nitrogens with zero attached hydrogens (tertiary/aromatic N) is 3. The van der Waals surface area contributed by atoms with Crippen molar-refractivity contribution in [3.05, 3.63) is 89.0 Å². The molecule has 4 rings (SSSR count). The average molecular weight is 430 g/mol. The van der Waals surface area contributed by atoms with E-state index < -0.39 is 0 Å². The quantitative estimate of drug-likeness (QED) is 0.542. The molecule has 1 unspecified atom stereocenters. The van der Waals surface area contributed by atoms with Crippen LogP contribution in [0.15, 0.2) is 60.8 Å². The zero-order valence-electron chi connectivity index (χ0n) is 19.1. The molecular formula is C27H31N3O2. The maximum atomic E-state index is 13.2. The van der Waals surface area contributed by atoms with E-state index >= 15 is 0 Å². The lowest BCUT2D eigenvalue weighted by Gasteiger charge is -2.33. The van der Waals surface area contributed by atoms with Gasteiger partial charge in [-0.05, 0) is 69.0 Å². The first-order valence-corrected chi connectivity index (χ1v) is 11.4. The van der Waals surface area contributed by atoms with Gasteiger partial charge in [-0.15, -0.1) is 0 Å². The fourth-order valence-corrected chi connectivity index (χ4v) is 4.33. The Morgan fingerprint density at radius 3 is 2.59 bits per heavy atom. The third-order valence-electron chi connectivity index (χ3n) is 5.82. The van der Waals surface area contributed by atoms with Crippen molar-refractivity contribution in [2.75, 3.05) is 13.1 Å². The zero-order chi connectivity index (χ0) is 22.5. The minimum atomic E-state index is 0.0705. The van der Waals surface area contributed by atoms with Crippen molar-refractivity contribution in [2.24, 2.45) is 0 Å². The molecule has 0 bridgehead atoms. The third-order valence-corrected chi connectivity index (χ3v) is 5.82. The van der Waals surface area contributed by atoms with Gasteiger partial charge in [-0.25, -0.2) is 9.97 Å². The molecule has 1 aromatic heterocycles. The summed E-state index contributed by atoms with van der Waals surface area (Å²) in [6.45, 7) is 7.38. The molecule has 1 aliphatic rings. The molecule has 166 valence electrons. The van der Waals surface area contributed by atoms with Gasteiger partial charge in [0.15, 0.2) is 0 Å². The summed E-state index contributed by atoms with van der Waals surface area (Å²) in [5.74, 6) is 1.86. The lowest BCUT2D eigenvalue weighted by Crippen LogP contribution is -2.39. The second kappa shape index (κ2) is 9.94. The van der Waals surface area contributed by atoms with Gasteiger partial charge in [0.25, 0.3) is 5.91 Å². The minimum Gasteiger partial charge on any atom is -0.491 e. The summed E-state index contributed by atoms with van der Waals surface area (Å²) < 4.78 is 5.70. The number of benzene rings is 2. The molecule has 1 saturated heterocycles. The Morgan fingerprint density at radius 1 is 1.12 bits per heavy atom. The number of rotatable bonds is 6. The first-order valence-electron chi connectivity index (χ1n) is 11.4. The van der Waals surface area contributed by atoms with Gasteiger partial charge in [0.05, 0.1) is 11.8 Å². The molecule has 0 spiro atoms. The number of likely N-dealkylation sites (tertiary alicyclic amines) is 1. The molecule has 2 aromatic carbocycles. The Kier molecular flexibility index (Phi) is 6.84. The van der Waals surface area contributed by atoms with Gasteiger partial charge in [-0.3, -0.25) is 4.79 Å². The van der Waals surface area contributed by atoms with Crippen molar-refractivity contribution in [2.45, 2.75) is 52.1 Å². The SMILES string of the molecule is Cc1ncc(Cc2ccccc2)c(C2CCCN(C(=O)c3ccc(OC(C)C)cc3)C2)n1. The molecule has 5 heteroatoms. The van der Waals surface area contributed by atoms with E-state index in [1.54, 1.807) is 0 Å². The number of hydrogen-bond donors (Lipinski definition) is 0. The van der Waals surface area contributed by atoms with Crippen molar-refractivity contribution in [1.82, 2.24) is 14.9 Å². The molecule has 1 amide bonds. The van der Waals surface area contributed by atoms with Gasteiger partial charge in [-0.1, -0.05) is 30.3 Å². The van der Waals surface area contributed by atoms with Crippen molar-refractivity contribution < 1.29 is 9.53 Å². The normalized spacial score (nSPS) is 16.2. The molecule has 0 radical (unpaired) electrons. The summed E-state index contributed by atoms with van der Waals surface area (Å²) >= 11 is 0. The molecular weight excluding hydrogens is 398 g/mol. The summed E-state index contributed by atoms with van der Waals surface area (Å²) in [6.07, 6.45) is 4.87. The van der Waals surface area contributed by atoms with Crippen LogP contribution in [0.4, 0.5) is 0 Å². The Morgan fingerprint density at radius 2 is 1.88 bits per heavy atom. The Bertz CT molecular complexity index is 1050. The predicted octanol–water partition coefficient (Wildman–Crippen LogP) is 5.18. The van der Waals surface area contributed by atoms with E-state index in [4.69, 9.17) is 9.72 Å². The summed E-state index contributed by atoms with van der Waals surface area (Å²) in [7, 11) is 0. The number of carbonyl (C=O) groups is 1. The monoisotopic (exact) mass is 429 g/mol. The van der Waals surface area contributed by atoms with Crippen LogP contribution in [0.25, 0.3) is 0 Å². The summed E-state index contributed by atoms with van der Waals surface area (Å²) in [5.41, 5.74) is 4.18. The van der Waals surface area contributed by atoms with Crippen LogP contribution >= 0.6 is 0 Å². The summed E-state index contributed by atoms with van der Waals surface area (Å²) in [4.78, 5) is 24.5. The lowest BCUT2D eigenvalue weighted by atomic mass is 9.90. The maximum absolute atomic E-state index is 13.2. The fraction of sp³-hybridized carbons (Fsp3) is 0.370. The Hall–Kier alpha value is -3.21. The number of hydrogen-bond acceptors (Lipinski definition) is 4. The van der Waals surface area contributed by atoms with Crippen LogP contribution in [0.3, 0.4) is 0 Å². The molecule has 1 atom stereocenters. The Balaban J connectivity index is 1.51. The van der Waals surface area contributed by atoms with E-state index in [1.165, 1.54) is 5.56 Å². The van der Waals surface area contributed by atoms with Gasteiger partial charge in [-0.2, -0.15) is 0 Å². The van der Waals surface area contributed by atoms with Crippen LogP contribution in [-0.4, -0.2) is 40.0 Å². The highest BCUT2D eigenvalue weighted by atomic mass is 16.5. The van der Waals surface area contributed by atoms with Gasteiger partial charge in [0, 0.05) is 37.2 Å². The van der Waals surface area contributed by atoms with Crippen molar-refractivity contribution in [3.63, 3.8) is 0 Å². The number of aromatic nitrogens is 2. The number of carbonyl (C=O) groups excluding carboxylic acids is 1. The Labute approximate surface area is 190 Å². The standard InChI is InChI=1S/C27H31N3O2/c1-19(2)32-25-13-11-22(12-14-25)27(31)30-15-7-10-23(18-30)26-24(17-28-20(3)29-26)16-21-8-5-4-6-9-21/h4-6,8-9,11-14,17,19,23H,7,10,15-16,18H2,1-3H3. The highest BCUT2D eigenvalue weighted by Crippen LogP contribution is 2.30. The van der Waals surface area contributed by atoms with Crippen molar-refractivity contribution in [1.29, 1.82) is 0 Å². The summed E-state index contributed by atoms with van der Waals surface area (Å²) in [6, 6.07) is 17.9. The molecule has 1 aliphatic heterocycles. The van der Waals surface area contributed by atoms with Gasteiger partial charge >= 0.3 is 0 Å². The molecule has 1 fully saturated rings. The van der Waals surface area contributed by atoms with Gasteiger partial charge in [0.2, 0.25) is 0 Å². The van der Waals surface area contributed by atoms with E-state index in [0.29, 0.717) is 12.1 Å².